The lowest BCUT2D eigenvalue weighted by Crippen LogP contribution is -2.40. The van der Waals surface area contributed by atoms with Gasteiger partial charge in [-0.05, 0) is 45.0 Å². The van der Waals surface area contributed by atoms with E-state index in [2.05, 4.69) is 51.5 Å². The first-order chi connectivity index (χ1) is 15.2. The van der Waals surface area contributed by atoms with E-state index in [1.807, 2.05) is 30.3 Å². The van der Waals surface area contributed by atoms with Crippen LogP contribution in [-0.4, -0.2) is 46.3 Å². The molecule has 0 bridgehead atoms. The first-order valence-electron chi connectivity index (χ1n) is 10.7. The topological polar surface area (TPSA) is 71.3 Å². The lowest BCUT2D eigenvalue weighted by molar-refractivity contribution is -0.126. The summed E-state index contributed by atoms with van der Waals surface area (Å²) in [7, 11) is 0. The molecule has 162 valence electrons. The minimum Gasteiger partial charge on any atom is -0.355 e. The van der Waals surface area contributed by atoms with E-state index in [9.17, 15) is 4.79 Å². The average molecular weight is 437 g/mol. The third-order valence-corrected chi connectivity index (χ3v) is 6.52. The molecule has 7 heteroatoms. The van der Waals surface area contributed by atoms with Gasteiger partial charge in [0.1, 0.15) is 0 Å². The summed E-state index contributed by atoms with van der Waals surface area (Å²) < 4.78 is 5.42. The van der Waals surface area contributed by atoms with Crippen LogP contribution in [0.5, 0.6) is 0 Å². The molecular weight excluding hydrogens is 408 g/mol. The lowest BCUT2D eigenvalue weighted by atomic mass is 9.96. The van der Waals surface area contributed by atoms with Gasteiger partial charge in [-0.15, -0.1) is 11.8 Å². The minimum absolute atomic E-state index is 0.0863. The number of hydrogen-bond donors (Lipinski definition) is 1. The molecule has 0 aliphatic carbocycles. The second-order valence-electron chi connectivity index (χ2n) is 7.88. The summed E-state index contributed by atoms with van der Waals surface area (Å²) in [5.74, 6) is 2.38. The van der Waals surface area contributed by atoms with Crippen LogP contribution in [0.2, 0.25) is 0 Å². The molecule has 31 heavy (non-hydrogen) atoms. The summed E-state index contributed by atoms with van der Waals surface area (Å²) in [4.78, 5) is 20.5. The van der Waals surface area contributed by atoms with E-state index >= 15 is 0 Å². The number of thioether (sulfide) groups is 1. The van der Waals surface area contributed by atoms with Crippen LogP contribution in [0.25, 0.3) is 11.4 Å². The highest BCUT2D eigenvalue weighted by molar-refractivity contribution is 7.99. The van der Waals surface area contributed by atoms with Gasteiger partial charge in [-0.2, -0.15) is 4.98 Å². The van der Waals surface area contributed by atoms with Crippen molar-refractivity contribution in [2.45, 2.75) is 31.2 Å². The molecule has 0 saturated carbocycles. The van der Waals surface area contributed by atoms with Crippen LogP contribution >= 0.6 is 11.8 Å². The Bertz CT molecular complexity index is 967. The normalized spacial score (nSPS) is 15.1. The summed E-state index contributed by atoms with van der Waals surface area (Å²) in [6.07, 6.45) is 1.72. The van der Waals surface area contributed by atoms with E-state index in [-0.39, 0.29) is 11.8 Å². The Hall–Kier alpha value is -2.64. The molecule has 1 aliphatic heterocycles. The number of hydrogen-bond acceptors (Lipinski definition) is 6. The highest BCUT2D eigenvalue weighted by atomic mass is 32.2. The Morgan fingerprint density at radius 1 is 1.13 bits per heavy atom. The quantitative estimate of drug-likeness (QED) is 0.422. The SMILES string of the molecule is Cc1ccc(SCCNC(=O)C2CCN(Cc3nc(-c4ccccc4)no3)CC2)cc1. The van der Waals surface area contributed by atoms with E-state index in [0.29, 0.717) is 24.8 Å². The van der Waals surface area contributed by atoms with Crippen LogP contribution in [0.15, 0.2) is 64.0 Å². The molecule has 3 aromatic rings. The van der Waals surface area contributed by atoms with Crippen LogP contribution in [0.4, 0.5) is 0 Å². The van der Waals surface area contributed by atoms with Gasteiger partial charge >= 0.3 is 0 Å². The predicted molar refractivity (Wildman–Crippen MR) is 123 cm³/mol. The fourth-order valence-electron chi connectivity index (χ4n) is 3.69. The van der Waals surface area contributed by atoms with Gasteiger partial charge in [-0.1, -0.05) is 53.2 Å². The van der Waals surface area contributed by atoms with E-state index in [1.54, 1.807) is 11.8 Å². The van der Waals surface area contributed by atoms with Crippen LogP contribution in [0.3, 0.4) is 0 Å². The summed E-state index contributed by atoms with van der Waals surface area (Å²) >= 11 is 1.77. The molecule has 2 heterocycles. The Balaban J connectivity index is 1.16. The monoisotopic (exact) mass is 436 g/mol. The van der Waals surface area contributed by atoms with Crippen LogP contribution in [-0.2, 0) is 11.3 Å². The highest BCUT2D eigenvalue weighted by Gasteiger charge is 2.25. The van der Waals surface area contributed by atoms with Crippen molar-refractivity contribution in [3.05, 3.63) is 66.1 Å². The van der Waals surface area contributed by atoms with Crippen molar-refractivity contribution in [2.24, 2.45) is 5.92 Å². The number of aryl methyl sites for hydroxylation is 1. The van der Waals surface area contributed by atoms with Gasteiger partial charge in [0.2, 0.25) is 17.6 Å². The van der Waals surface area contributed by atoms with Crippen molar-refractivity contribution in [1.82, 2.24) is 20.4 Å². The molecule has 1 saturated heterocycles. The maximum absolute atomic E-state index is 12.5. The summed E-state index contributed by atoms with van der Waals surface area (Å²) in [6, 6.07) is 18.3. The molecule has 0 radical (unpaired) electrons. The molecular formula is C24H28N4O2S. The molecule has 0 unspecified atom stereocenters. The third kappa shape index (κ3) is 6.18. The molecule has 1 N–H and O–H groups in total. The number of piperidine rings is 1. The molecule has 1 amide bonds. The van der Waals surface area contributed by atoms with Gasteiger partial charge in [0, 0.05) is 28.7 Å². The van der Waals surface area contributed by atoms with Crippen molar-refractivity contribution in [1.29, 1.82) is 0 Å². The number of benzene rings is 2. The number of carbonyl (C=O) groups excluding carboxylic acids is 1. The van der Waals surface area contributed by atoms with Gasteiger partial charge in [0.25, 0.3) is 0 Å². The molecule has 1 aliphatic rings. The molecule has 4 rings (SSSR count). The van der Waals surface area contributed by atoms with Crippen molar-refractivity contribution >= 4 is 17.7 Å². The van der Waals surface area contributed by atoms with Gasteiger partial charge in [-0.3, -0.25) is 9.69 Å². The van der Waals surface area contributed by atoms with Crippen molar-refractivity contribution in [3.63, 3.8) is 0 Å². The Labute approximate surface area is 187 Å². The van der Waals surface area contributed by atoms with Gasteiger partial charge < -0.3 is 9.84 Å². The highest BCUT2D eigenvalue weighted by Crippen LogP contribution is 2.21. The van der Waals surface area contributed by atoms with Gasteiger partial charge in [0.05, 0.1) is 6.54 Å². The van der Waals surface area contributed by atoms with E-state index in [1.165, 1.54) is 10.5 Å². The number of nitrogens with zero attached hydrogens (tertiary/aromatic N) is 3. The van der Waals surface area contributed by atoms with Gasteiger partial charge in [0.15, 0.2) is 0 Å². The maximum Gasteiger partial charge on any atom is 0.241 e. The first kappa shape index (κ1) is 21.6. The standard InChI is InChI=1S/C24H28N4O2S/c1-18-7-9-21(10-8-18)31-16-13-25-24(29)20-11-14-28(15-12-20)17-22-26-23(27-30-22)19-5-3-2-4-6-19/h2-10,20H,11-17H2,1H3,(H,25,29). The number of carbonyl (C=O) groups is 1. The summed E-state index contributed by atoms with van der Waals surface area (Å²) in [5, 5.41) is 7.19. The van der Waals surface area contributed by atoms with E-state index in [4.69, 9.17) is 4.52 Å². The van der Waals surface area contributed by atoms with Crippen LogP contribution < -0.4 is 5.32 Å². The first-order valence-corrected chi connectivity index (χ1v) is 11.7. The lowest BCUT2D eigenvalue weighted by Gasteiger charge is -2.30. The van der Waals surface area contributed by atoms with Gasteiger partial charge in [-0.25, -0.2) is 0 Å². The Kier molecular flexibility index (Phi) is 7.38. The zero-order valence-electron chi connectivity index (χ0n) is 17.8. The fourth-order valence-corrected chi connectivity index (χ4v) is 4.46. The number of rotatable bonds is 8. The minimum atomic E-state index is 0.0863. The number of nitrogens with one attached hydrogen (secondary N) is 1. The molecule has 1 aromatic heterocycles. The average Bonchev–Trinajstić information content (AvgIpc) is 3.27. The number of amides is 1. The third-order valence-electron chi connectivity index (χ3n) is 5.51. The fraction of sp³-hybridized carbons (Fsp3) is 0.375. The Morgan fingerprint density at radius 3 is 2.61 bits per heavy atom. The van der Waals surface area contributed by atoms with E-state index in [0.717, 1.165) is 37.2 Å². The van der Waals surface area contributed by atoms with E-state index < -0.39 is 0 Å². The maximum atomic E-state index is 12.5. The number of aromatic nitrogens is 2. The molecule has 2 aromatic carbocycles. The predicted octanol–water partition coefficient (Wildman–Crippen LogP) is 4.17. The molecule has 6 nitrogen and oxygen atoms in total. The van der Waals surface area contributed by atoms with Crippen LogP contribution in [0.1, 0.15) is 24.3 Å². The summed E-state index contributed by atoms with van der Waals surface area (Å²) in [6.45, 7) is 5.13. The van der Waals surface area contributed by atoms with Crippen LogP contribution in [0, 0.1) is 12.8 Å². The molecule has 0 atom stereocenters. The van der Waals surface area contributed by atoms with Crippen molar-refractivity contribution in [2.75, 3.05) is 25.4 Å². The number of likely N-dealkylation sites (tertiary alicyclic amines) is 1. The second-order valence-corrected chi connectivity index (χ2v) is 9.05. The smallest absolute Gasteiger partial charge is 0.241 e. The Morgan fingerprint density at radius 2 is 1.87 bits per heavy atom. The largest absolute Gasteiger partial charge is 0.355 e. The van der Waals surface area contributed by atoms with Crippen molar-refractivity contribution in [3.8, 4) is 11.4 Å². The zero-order valence-corrected chi connectivity index (χ0v) is 18.6. The summed E-state index contributed by atoms with van der Waals surface area (Å²) in [5.41, 5.74) is 2.22. The second kappa shape index (κ2) is 10.6. The van der Waals surface area contributed by atoms with Crippen molar-refractivity contribution < 1.29 is 9.32 Å². The molecule has 0 spiro atoms. The zero-order chi connectivity index (χ0) is 21.5. The molecule has 1 fully saturated rings.